The molecule has 5 aliphatic carbocycles. The van der Waals surface area contributed by atoms with Gasteiger partial charge in [-0.25, -0.2) is 0 Å². The van der Waals surface area contributed by atoms with Crippen molar-refractivity contribution in [2.45, 2.75) is 51.6 Å². The Morgan fingerprint density at radius 1 is 1.05 bits per heavy atom. The van der Waals surface area contributed by atoms with E-state index >= 15 is 0 Å². The zero-order valence-corrected chi connectivity index (χ0v) is 12.8. The number of ether oxygens (including phenoxy) is 1. The molecule has 0 saturated heterocycles. The van der Waals surface area contributed by atoms with Gasteiger partial charge in [-0.1, -0.05) is 20.1 Å². The van der Waals surface area contributed by atoms with Crippen LogP contribution in [0, 0.1) is 40.9 Å². The third-order valence-electron chi connectivity index (χ3n) is 8.15. The van der Waals surface area contributed by atoms with Crippen LogP contribution >= 0.6 is 0 Å². The van der Waals surface area contributed by atoms with Crippen molar-refractivity contribution in [1.29, 1.82) is 0 Å². The van der Waals surface area contributed by atoms with Crippen LogP contribution in [0.4, 0.5) is 0 Å². The van der Waals surface area contributed by atoms with Crippen molar-refractivity contribution in [3.8, 4) is 0 Å². The third-order valence-corrected chi connectivity index (χ3v) is 8.15. The number of fused-ring (bicyclic) bond motifs is 12. The molecule has 20 heavy (non-hydrogen) atoms. The highest BCUT2D eigenvalue weighted by Crippen LogP contribution is 2.85. The number of hydrogen-bond donors (Lipinski definition) is 0. The molecule has 0 aliphatic heterocycles. The van der Waals surface area contributed by atoms with Crippen molar-refractivity contribution in [3.05, 3.63) is 24.5 Å². The van der Waals surface area contributed by atoms with Gasteiger partial charge in [-0.3, -0.25) is 0 Å². The Morgan fingerprint density at radius 2 is 1.70 bits per heavy atom. The van der Waals surface area contributed by atoms with Crippen LogP contribution in [0.5, 0.6) is 0 Å². The van der Waals surface area contributed by atoms with Gasteiger partial charge in [0, 0.05) is 11.3 Å². The van der Waals surface area contributed by atoms with Crippen molar-refractivity contribution >= 4 is 0 Å². The Morgan fingerprint density at radius 3 is 2.35 bits per heavy atom. The minimum absolute atomic E-state index is 0.152. The molecule has 0 aromatic heterocycles. The van der Waals surface area contributed by atoms with Crippen LogP contribution < -0.4 is 0 Å². The van der Waals surface area contributed by atoms with E-state index in [4.69, 9.17) is 4.74 Å². The summed E-state index contributed by atoms with van der Waals surface area (Å²) in [6.07, 6.45) is 7.30. The van der Waals surface area contributed by atoms with Crippen molar-refractivity contribution < 1.29 is 4.74 Å². The highest BCUT2D eigenvalue weighted by atomic mass is 16.5. The Hall–Kier alpha value is -0.720. The smallest absolute Gasteiger partial charge is 0.119 e. The van der Waals surface area contributed by atoms with Gasteiger partial charge < -0.3 is 4.74 Å². The van der Waals surface area contributed by atoms with Gasteiger partial charge in [0.15, 0.2) is 0 Å². The van der Waals surface area contributed by atoms with E-state index in [9.17, 15) is 0 Å². The quantitative estimate of drug-likeness (QED) is 0.415. The van der Waals surface area contributed by atoms with Crippen LogP contribution in [0.3, 0.4) is 0 Å². The molecule has 1 nitrogen and oxygen atoms in total. The molecule has 0 N–H and O–H groups in total. The van der Waals surface area contributed by atoms with E-state index in [-0.39, 0.29) is 5.60 Å². The first-order chi connectivity index (χ1) is 9.48. The molecule has 0 spiro atoms. The van der Waals surface area contributed by atoms with Gasteiger partial charge in [-0.05, 0) is 74.2 Å². The molecular weight excluding hydrogens is 244 g/mol. The lowest BCUT2D eigenvalue weighted by Crippen LogP contribution is -2.41. The molecule has 5 fully saturated rings. The summed E-state index contributed by atoms with van der Waals surface area (Å²) in [6.45, 7) is 12.7. The van der Waals surface area contributed by atoms with Gasteiger partial charge in [0.05, 0.1) is 0 Å². The van der Waals surface area contributed by atoms with Crippen molar-refractivity contribution in [2.75, 3.05) is 0 Å². The standard InChI is InChI=1S/C19H26O/c1-10(2)11(3)20-19-9-18(19,4)14-8-15(19)17-13-6-5-12(7-13)16(14)17/h12-17H,1,3,5-9H2,2,4H3. The topological polar surface area (TPSA) is 9.23 Å². The minimum atomic E-state index is 0.152. The molecule has 5 aliphatic rings. The Balaban J connectivity index is 1.51. The summed E-state index contributed by atoms with van der Waals surface area (Å²) >= 11 is 0. The fraction of sp³-hybridized carbons (Fsp3) is 0.789. The summed E-state index contributed by atoms with van der Waals surface area (Å²) in [4.78, 5) is 0. The molecule has 0 aromatic rings. The molecular formula is C19H26O. The molecule has 5 saturated carbocycles. The number of rotatable bonds is 3. The average molecular weight is 270 g/mol. The van der Waals surface area contributed by atoms with Crippen LogP contribution in [0.2, 0.25) is 0 Å². The predicted octanol–water partition coefficient (Wildman–Crippen LogP) is 4.55. The van der Waals surface area contributed by atoms with E-state index < -0.39 is 0 Å². The first-order valence-corrected chi connectivity index (χ1v) is 8.52. The van der Waals surface area contributed by atoms with E-state index in [0.29, 0.717) is 5.41 Å². The third kappa shape index (κ3) is 1.04. The molecule has 5 rings (SSSR count). The van der Waals surface area contributed by atoms with Crippen LogP contribution in [0.1, 0.15) is 46.0 Å². The van der Waals surface area contributed by atoms with Crippen molar-refractivity contribution in [3.63, 3.8) is 0 Å². The predicted molar refractivity (Wildman–Crippen MR) is 79.9 cm³/mol. The molecule has 108 valence electrons. The summed E-state index contributed by atoms with van der Waals surface area (Å²) in [5.74, 6) is 6.78. The molecule has 8 atom stereocenters. The number of hydrogen-bond acceptors (Lipinski definition) is 1. The van der Waals surface area contributed by atoms with E-state index in [1.807, 2.05) is 6.92 Å². The number of allylic oxidation sites excluding steroid dienone is 1. The summed E-state index contributed by atoms with van der Waals surface area (Å²) in [6, 6.07) is 0. The second-order valence-corrected chi connectivity index (χ2v) is 8.73. The van der Waals surface area contributed by atoms with Crippen LogP contribution in [0.15, 0.2) is 24.5 Å². The first kappa shape index (κ1) is 11.9. The van der Waals surface area contributed by atoms with Gasteiger partial charge >= 0.3 is 0 Å². The Labute approximate surface area is 122 Å². The van der Waals surface area contributed by atoms with E-state index in [2.05, 4.69) is 20.1 Å². The molecule has 4 bridgehead atoms. The fourth-order valence-electron chi connectivity index (χ4n) is 7.38. The maximum absolute atomic E-state index is 6.49. The summed E-state index contributed by atoms with van der Waals surface area (Å²) in [5, 5.41) is 0. The lowest BCUT2D eigenvalue weighted by atomic mass is 9.67. The zero-order chi connectivity index (χ0) is 13.9. The van der Waals surface area contributed by atoms with Crippen LogP contribution in [-0.2, 0) is 4.74 Å². The molecule has 0 radical (unpaired) electrons. The van der Waals surface area contributed by atoms with Crippen molar-refractivity contribution in [1.82, 2.24) is 0 Å². The zero-order valence-electron chi connectivity index (χ0n) is 12.8. The molecule has 8 unspecified atom stereocenters. The summed E-state index contributed by atoms with van der Waals surface area (Å²) < 4.78 is 6.49. The molecule has 0 amide bonds. The first-order valence-electron chi connectivity index (χ1n) is 8.52. The highest BCUT2D eigenvalue weighted by Gasteiger charge is 2.85. The monoisotopic (exact) mass is 270 g/mol. The highest BCUT2D eigenvalue weighted by molar-refractivity contribution is 5.35. The Bertz CT molecular complexity index is 532. The second-order valence-electron chi connectivity index (χ2n) is 8.73. The normalized spacial score (nSPS) is 60.3. The second kappa shape index (κ2) is 3.20. The maximum atomic E-state index is 6.49. The van der Waals surface area contributed by atoms with E-state index in [1.54, 1.807) is 0 Å². The summed E-state index contributed by atoms with van der Waals surface area (Å²) in [7, 11) is 0. The molecule has 1 heteroatoms. The largest absolute Gasteiger partial charge is 0.487 e. The summed E-state index contributed by atoms with van der Waals surface area (Å²) in [5.41, 5.74) is 1.61. The lowest BCUT2D eigenvalue weighted by molar-refractivity contribution is -0.0335. The van der Waals surface area contributed by atoms with Gasteiger partial charge in [0.2, 0.25) is 0 Å². The van der Waals surface area contributed by atoms with Gasteiger partial charge in [-0.2, -0.15) is 0 Å². The maximum Gasteiger partial charge on any atom is 0.119 e. The van der Waals surface area contributed by atoms with Gasteiger partial charge in [-0.15, -0.1) is 0 Å². The molecule has 0 heterocycles. The fourth-order valence-corrected chi connectivity index (χ4v) is 7.38. The van der Waals surface area contributed by atoms with Crippen molar-refractivity contribution in [2.24, 2.45) is 40.9 Å². The molecule has 0 aromatic carbocycles. The van der Waals surface area contributed by atoms with E-state index in [0.717, 1.165) is 46.8 Å². The Kier molecular flexibility index (Phi) is 1.90. The van der Waals surface area contributed by atoms with Crippen LogP contribution in [-0.4, -0.2) is 5.60 Å². The van der Waals surface area contributed by atoms with Crippen LogP contribution in [0.25, 0.3) is 0 Å². The average Bonchev–Trinajstić information content (AvgIpc) is 2.90. The van der Waals surface area contributed by atoms with Gasteiger partial charge in [0.25, 0.3) is 0 Å². The minimum Gasteiger partial charge on any atom is -0.487 e. The van der Waals surface area contributed by atoms with E-state index in [1.165, 1.54) is 32.1 Å². The SMILES string of the molecule is C=C(C)C(=C)OC12CC1(C)C1CC2C2C3CCC(C3)C21. The lowest BCUT2D eigenvalue weighted by Gasteiger charge is -2.41. The van der Waals surface area contributed by atoms with Gasteiger partial charge in [0.1, 0.15) is 11.4 Å².